The molecule has 0 aromatic heterocycles. The van der Waals surface area contributed by atoms with Gasteiger partial charge in [0.1, 0.15) is 0 Å². The lowest BCUT2D eigenvalue weighted by Gasteiger charge is -2.36. The molecule has 1 saturated heterocycles. The standard InChI is InChI=1S/C14H26N2O2/c15-10-14(6-2-1-3-7-14)11-16-13(17)12-5-4-8-18-9-12/h12H,1-11,15H2,(H,16,17). The molecular formula is C14H26N2O2. The molecule has 104 valence electrons. The van der Waals surface area contributed by atoms with E-state index in [0.717, 1.165) is 38.8 Å². The molecule has 1 atom stereocenters. The summed E-state index contributed by atoms with van der Waals surface area (Å²) in [5.41, 5.74) is 6.08. The quantitative estimate of drug-likeness (QED) is 0.798. The van der Waals surface area contributed by atoms with Gasteiger partial charge in [0, 0.05) is 13.2 Å². The Balaban J connectivity index is 1.79. The van der Waals surface area contributed by atoms with Crippen LogP contribution < -0.4 is 11.1 Å². The summed E-state index contributed by atoms with van der Waals surface area (Å²) in [5.74, 6) is 0.213. The first kappa shape index (κ1) is 13.8. The molecule has 1 amide bonds. The van der Waals surface area contributed by atoms with Crippen LogP contribution in [0.15, 0.2) is 0 Å². The Morgan fingerprint density at radius 1 is 1.28 bits per heavy atom. The number of carbonyl (C=O) groups excluding carboxylic acids is 1. The van der Waals surface area contributed by atoms with E-state index in [2.05, 4.69) is 5.32 Å². The van der Waals surface area contributed by atoms with Crippen LogP contribution in [0.25, 0.3) is 0 Å². The minimum atomic E-state index is 0.0529. The summed E-state index contributed by atoms with van der Waals surface area (Å²) in [5, 5.41) is 3.11. The summed E-state index contributed by atoms with van der Waals surface area (Å²) in [6.45, 7) is 2.82. The fourth-order valence-corrected chi connectivity index (χ4v) is 3.12. The van der Waals surface area contributed by atoms with Crippen LogP contribution in [-0.4, -0.2) is 32.2 Å². The van der Waals surface area contributed by atoms with E-state index in [1.165, 1.54) is 19.3 Å². The van der Waals surface area contributed by atoms with Gasteiger partial charge in [0.2, 0.25) is 5.91 Å². The minimum Gasteiger partial charge on any atom is -0.381 e. The SMILES string of the molecule is NCC1(CNC(=O)C2CCCOC2)CCCCC1. The molecule has 0 bridgehead atoms. The molecule has 1 unspecified atom stereocenters. The number of hydrogen-bond acceptors (Lipinski definition) is 3. The van der Waals surface area contributed by atoms with Crippen LogP contribution in [0.3, 0.4) is 0 Å². The maximum Gasteiger partial charge on any atom is 0.225 e. The van der Waals surface area contributed by atoms with Crippen molar-refractivity contribution in [2.45, 2.75) is 44.9 Å². The average Bonchev–Trinajstić information content (AvgIpc) is 2.47. The highest BCUT2D eigenvalue weighted by atomic mass is 16.5. The van der Waals surface area contributed by atoms with E-state index in [1.807, 2.05) is 0 Å². The summed E-state index contributed by atoms with van der Waals surface area (Å²) in [6.07, 6.45) is 8.09. The van der Waals surface area contributed by atoms with Crippen molar-refractivity contribution >= 4 is 5.91 Å². The van der Waals surface area contributed by atoms with Gasteiger partial charge in [-0.05, 0) is 37.6 Å². The highest BCUT2D eigenvalue weighted by Crippen LogP contribution is 2.34. The van der Waals surface area contributed by atoms with Gasteiger partial charge in [0.25, 0.3) is 0 Å². The van der Waals surface area contributed by atoms with Crippen LogP contribution in [-0.2, 0) is 9.53 Å². The summed E-state index contributed by atoms with van der Waals surface area (Å²) in [6, 6.07) is 0. The molecule has 1 saturated carbocycles. The summed E-state index contributed by atoms with van der Waals surface area (Å²) >= 11 is 0. The van der Waals surface area contributed by atoms with Gasteiger partial charge in [0.15, 0.2) is 0 Å². The number of nitrogens with one attached hydrogen (secondary N) is 1. The third-order valence-corrected chi connectivity index (χ3v) is 4.52. The van der Waals surface area contributed by atoms with E-state index < -0.39 is 0 Å². The highest BCUT2D eigenvalue weighted by Gasteiger charge is 2.32. The summed E-state index contributed by atoms with van der Waals surface area (Å²) in [7, 11) is 0. The molecule has 4 heteroatoms. The molecule has 0 spiro atoms. The molecular weight excluding hydrogens is 228 g/mol. The zero-order valence-corrected chi connectivity index (χ0v) is 11.2. The van der Waals surface area contributed by atoms with Crippen LogP contribution in [0, 0.1) is 11.3 Å². The molecule has 3 N–H and O–H groups in total. The molecule has 18 heavy (non-hydrogen) atoms. The van der Waals surface area contributed by atoms with E-state index in [-0.39, 0.29) is 17.2 Å². The maximum atomic E-state index is 12.1. The summed E-state index contributed by atoms with van der Waals surface area (Å²) < 4.78 is 5.36. The van der Waals surface area contributed by atoms with Crippen molar-refractivity contribution in [1.82, 2.24) is 5.32 Å². The van der Waals surface area contributed by atoms with Gasteiger partial charge in [-0.1, -0.05) is 19.3 Å². The first-order valence-electron chi connectivity index (χ1n) is 7.31. The molecule has 2 fully saturated rings. The van der Waals surface area contributed by atoms with E-state index in [4.69, 9.17) is 10.5 Å². The predicted molar refractivity (Wildman–Crippen MR) is 71.1 cm³/mol. The third-order valence-electron chi connectivity index (χ3n) is 4.52. The number of hydrogen-bond donors (Lipinski definition) is 2. The van der Waals surface area contributed by atoms with E-state index >= 15 is 0 Å². The number of rotatable bonds is 4. The smallest absolute Gasteiger partial charge is 0.225 e. The van der Waals surface area contributed by atoms with Crippen LogP contribution in [0.1, 0.15) is 44.9 Å². The number of amides is 1. The van der Waals surface area contributed by atoms with Crippen LogP contribution >= 0.6 is 0 Å². The molecule has 0 aromatic rings. The Morgan fingerprint density at radius 2 is 2.06 bits per heavy atom. The fourth-order valence-electron chi connectivity index (χ4n) is 3.12. The summed E-state index contributed by atoms with van der Waals surface area (Å²) in [4.78, 5) is 12.1. The van der Waals surface area contributed by atoms with Crippen molar-refractivity contribution < 1.29 is 9.53 Å². The first-order valence-corrected chi connectivity index (χ1v) is 7.31. The largest absolute Gasteiger partial charge is 0.381 e. The molecule has 2 rings (SSSR count). The normalized spacial score (nSPS) is 27.7. The zero-order chi connectivity index (χ0) is 12.8. The van der Waals surface area contributed by atoms with Crippen LogP contribution in [0.4, 0.5) is 0 Å². The molecule has 4 nitrogen and oxygen atoms in total. The van der Waals surface area contributed by atoms with Gasteiger partial charge in [0.05, 0.1) is 12.5 Å². The van der Waals surface area contributed by atoms with Gasteiger partial charge in [-0.3, -0.25) is 4.79 Å². The Hall–Kier alpha value is -0.610. The Kier molecular flexibility index (Phi) is 5.01. The Bertz CT molecular complexity index is 269. The molecule has 0 aromatic carbocycles. The van der Waals surface area contributed by atoms with Gasteiger partial charge in [-0.2, -0.15) is 0 Å². The first-order chi connectivity index (χ1) is 8.76. The van der Waals surface area contributed by atoms with Crippen molar-refractivity contribution in [3.63, 3.8) is 0 Å². The van der Waals surface area contributed by atoms with Crippen molar-refractivity contribution in [1.29, 1.82) is 0 Å². The fraction of sp³-hybridized carbons (Fsp3) is 0.929. The molecule has 0 radical (unpaired) electrons. The van der Waals surface area contributed by atoms with Gasteiger partial charge < -0.3 is 15.8 Å². The monoisotopic (exact) mass is 254 g/mol. The Labute approximate surface area is 110 Å². The lowest BCUT2D eigenvalue weighted by molar-refractivity contribution is -0.129. The topological polar surface area (TPSA) is 64.3 Å². The van der Waals surface area contributed by atoms with Gasteiger partial charge >= 0.3 is 0 Å². The lowest BCUT2D eigenvalue weighted by atomic mass is 9.74. The second-order valence-electron chi connectivity index (χ2n) is 5.90. The van der Waals surface area contributed by atoms with Crippen molar-refractivity contribution in [3.05, 3.63) is 0 Å². The van der Waals surface area contributed by atoms with Crippen molar-refractivity contribution in [3.8, 4) is 0 Å². The Morgan fingerprint density at radius 3 is 2.67 bits per heavy atom. The second kappa shape index (κ2) is 6.53. The van der Waals surface area contributed by atoms with Crippen molar-refractivity contribution in [2.75, 3.05) is 26.3 Å². The number of carbonyl (C=O) groups is 1. The maximum absolute atomic E-state index is 12.1. The molecule has 1 aliphatic carbocycles. The van der Waals surface area contributed by atoms with Gasteiger partial charge in [-0.15, -0.1) is 0 Å². The zero-order valence-electron chi connectivity index (χ0n) is 11.2. The van der Waals surface area contributed by atoms with Crippen LogP contribution in [0.5, 0.6) is 0 Å². The van der Waals surface area contributed by atoms with E-state index in [9.17, 15) is 4.79 Å². The van der Waals surface area contributed by atoms with E-state index in [0.29, 0.717) is 13.2 Å². The third kappa shape index (κ3) is 3.45. The minimum absolute atomic E-state index is 0.0529. The second-order valence-corrected chi connectivity index (χ2v) is 5.90. The number of nitrogens with two attached hydrogens (primary N) is 1. The van der Waals surface area contributed by atoms with Crippen LogP contribution in [0.2, 0.25) is 0 Å². The highest BCUT2D eigenvalue weighted by molar-refractivity contribution is 5.78. The average molecular weight is 254 g/mol. The van der Waals surface area contributed by atoms with E-state index in [1.54, 1.807) is 0 Å². The molecule has 1 heterocycles. The predicted octanol–water partition coefficient (Wildman–Crippen LogP) is 1.44. The van der Waals surface area contributed by atoms with Crippen molar-refractivity contribution in [2.24, 2.45) is 17.1 Å². The number of ether oxygens (including phenoxy) is 1. The molecule has 2 aliphatic rings. The molecule has 1 aliphatic heterocycles. The lowest BCUT2D eigenvalue weighted by Crippen LogP contribution is -2.46. The van der Waals surface area contributed by atoms with Gasteiger partial charge in [-0.25, -0.2) is 0 Å².